The van der Waals surface area contributed by atoms with Crippen molar-refractivity contribution in [1.82, 2.24) is 9.80 Å². The number of hydrogen-bond donors (Lipinski definition) is 3. The number of likely N-dealkylation sites (N-methyl/N-ethyl adjacent to an activating group) is 1. The number of nitrogens with zero attached hydrogens (tertiary/aromatic N) is 2. The Balaban J connectivity index is 1.65. The molecule has 1 aliphatic heterocycles. The zero-order chi connectivity index (χ0) is 29.7. The van der Waals surface area contributed by atoms with Crippen LogP contribution in [0.3, 0.4) is 0 Å². The van der Waals surface area contributed by atoms with Gasteiger partial charge in [-0.2, -0.15) is 0 Å². The van der Waals surface area contributed by atoms with Crippen molar-refractivity contribution in [1.29, 1.82) is 0 Å². The van der Waals surface area contributed by atoms with Crippen molar-refractivity contribution in [2.24, 2.45) is 5.92 Å². The summed E-state index contributed by atoms with van der Waals surface area (Å²) in [6.07, 6.45) is -0.630. The van der Waals surface area contributed by atoms with Gasteiger partial charge in [-0.3, -0.25) is 9.52 Å². The van der Waals surface area contributed by atoms with Crippen LogP contribution in [0.1, 0.15) is 24.2 Å². The maximum Gasteiger partial charge on any atom is 0.321 e. The molecule has 11 nitrogen and oxygen atoms in total. The minimum absolute atomic E-state index is 0.0632. The molecule has 3 aromatic rings. The molecular weight excluding hydrogens is 568 g/mol. The van der Waals surface area contributed by atoms with E-state index in [2.05, 4.69) is 10.0 Å². The van der Waals surface area contributed by atoms with Gasteiger partial charge in [-0.1, -0.05) is 19.1 Å². The van der Waals surface area contributed by atoms with Gasteiger partial charge in [0.2, 0.25) is 0 Å². The first-order chi connectivity index (χ1) is 19.5. The Labute approximate surface area is 243 Å². The smallest absolute Gasteiger partial charge is 0.321 e. The number of fused-ring (bicyclic) bond motifs is 1. The number of urea groups is 1. The first-order valence-electron chi connectivity index (χ1n) is 13.0. The number of methoxy groups -OCH3 is 1. The number of hydrogen-bond acceptors (Lipinski definition) is 8. The van der Waals surface area contributed by atoms with Gasteiger partial charge in [0.25, 0.3) is 15.9 Å². The van der Waals surface area contributed by atoms with E-state index >= 15 is 0 Å². The highest BCUT2D eigenvalue weighted by molar-refractivity contribution is 7.94. The predicted molar refractivity (Wildman–Crippen MR) is 157 cm³/mol. The van der Waals surface area contributed by atoms with Gasteiger partial charge >= 0.3 is 6.03 Å². The minimum Gasteiger partial charge on any atom is -0.497 e. The topological polar surface area (TPSA) is 138 Å². The van der Waals surface area contributed by atoms with Crippen molar-refractivity contribution in [3.8, 4) is 11.5 Å². The molecule has 4 rings (SSSR count). The molecule has 3 N–H and O–H groups in total. The van der Waals surface area contributed by atoms with Gasteiger partial charge in [0, 0.05) is 25.2 Å². The summed E-state index contributed by atoms with van der Waals surface area (Å²) in [5.41, 5.74) is 0.836. The molecule has 0 saturated heterocycles. The van der Waals surface area contributed by atoms with Gasteiger partial charge in [-0.15, -0.1) is 11.3 Å². The second-order valence-corrected chi connectivity index (χ2v) is 12.7. The van der Waals surface area contributed by atoms with Crippen LogP contribution >= 0.6 is 11.3 Å². The number of amides is 3. The number of benzene rings is 2. The summed E-state index contributed by atoms with van der Waals surface area (Å²) in [7, 11) is -0.759. The molecule has 1 aromatic heterocycles. The van der Waals surface area contributed by atoms with Crippen LogP contribution in [0.15, 0.2) is 64.2 Å². The molecule has 0 unspecified atom stereocenters. The molecule has 13 heteroatoms. The molecule has 0 bridgehead atoms. The molecule has 220 valence electrons. The molecule has 0 spiro atoms. The van der Waals surface area contributed by atoms with Crippen LogP contribution in [0, 0.1) is 5.92 Å². The lowest BCUT2D eigenvalue weighted by Crippen LogP contribution is -2.50. The molecule has 2 heterocycles. The number of aliphatic hydroxyl groups is 1. The molecule has 0 saturated carbocycles. The van der Waals surface area contributed by atoms with E-state index in [0.29, 0.717) is 11.4 Å². The third-order valence-electron chi connectivity index (χ3n) is 6.84. The van der Waals surface area contributed by atoms with Crippen LogP contribution in [0.5, 0.6) is 11.5 Å². The van der Waals surface area contributed by atoms with Gasteiger partial charge in [0.05, 0.1) is 37.6 Å². The first kappa shape index (κ1) is 30.2. The summed E-state index contributed by atoms with van der Waals surface area (Å²) in [5.74, 6) is 0.0377. The molecular formula is C28H34N4O7S2. The van der Waals surface area contributed by atoms with Gasteiger partial charge in [0.15, 0.2) is 5.75 Å². The number of aliphatic hydroxyl groups excluding tert-OH is 1. The maximum atomic E-state index is 13.6. The van der Waals surface area contributed by atoms with Gasteiger partial charge < -0.3 is 29.7 Å². The van der Waals surface area contributed by atoms with Crippen molar-refractivity contribution < 1.29 is 32.6 Å². The van der Waals surface area contributed by atoms with Gasteiger partial charge in [0.1, 0.15) is 16.1 Å². The fourth-order valence-corrected chi connectivity index (χ4v) is 6.45. The SMILES string of the molecule is COc1ccc(NC(=O)N(C)C[C@H]2Oc3c(NS(=O)(=O)c4cccs4)cccc3C(=O)N([C@@H](C)CO)C[C@@H]2C)cc1. The fourth-order valence-electron chi connectivity index (χ4n) is 4.40. The maximum absolute atomic E-state index is 13.6. The number of thiophene rings is 1. The van der Waals surface area contributed by atoms with Crippen LogP contribution in [0.2, 0.25) is 0 Å². The normalized spacial score (nSPS) is 17.9. The summed E-state index contributed by atoms with van der Waals surface area (Å²) in [4.78, 5) is 29.7. The second kappa shape index (κ2) is 12.8. The number of sulfonamides is 1. The van der Waals surface area contributed by atoms with Crippen molar-refractivity contribution in [2.45, 2.75) is 30.2 Å². The number of rotatable bonds is 9. The number of ether oxygens (including phenoxy) is 2. The lowest BCUT2D eigenvalue weighted by Gasteiger charge is -2.38. The molecule has 1 aliphatic rings. The highest BCUT2D eigenvalue weighted by Gasteiger charge is 2.35. The van der Waals surface area contributed by atoms with E-state index in [-0.39, 0.29) is 52.9 Å². The number of carbonyl (C=O) groups is 2. The molecule has 0 aliphatic carbocycles. The van der Waals surface area contributed by atoms with Crippen LogP contribution < -0.4 is 19.5 Å². The van der Waals surface area contributed by atoms with E-state index in [1.807, 2.05) is 6.92 Å². The largest absolute Gasteiger partial charge is 0.497 e. The standard InChI is InChI=1S/C28H34N4O7S2/c1-18-15-32(19(2)17-33)27(34)22-7-5-8-23(30-41(36,37)25-9-6-14-40-25)26(22)39-24(18)16-31(3)28(35)29-20-10-12-21(38-4)13-11-20/h5-14,18-19,24,30,33H,15-17H2,1-4H3,(H,29,35)/t18-,19-,24+/m0/s1. The Hall–Kier alpha value is -3.81. The molecule has 3 atom stereocenters. The summed E-state index contributed by atoms with van der Waals surface area (Å²) >= 11 is 1.06. The zero-order valence-electron chi connectivity index (χ0n) is 23.2. The minimum atomic E-state index is -3.94. The van der Waals surface area contributed by atoms with Crippen LogP contribution in [-0.4, -0.2) is 81.3 Å². The molecule has 0 fully saturated rings. The van der Waals surface area contributed by atoms with E-state index in [1.165, 1.54) is 17.0 Å². The number of nitrogens with one attached hydrogen (secondary N) is 2. The Morgan fingerprint density at radius 2 is 1.95 bits per heavy atom. The monoisotopic (exact) mass is 602 g/mol. The predicted octanol–water partition coefficient (Wildman–Crippen LogP) is 3.94. The molecule has 3 amide bonds. The third kappa shape index (κ3) is 6.92. The molecule has 41 heavy (non-hydrogen) atoms. The van der Waals surface area contributed by atoms with Crippen LogP contribution in [0.4, 0.5) is 16.2 Å². The quantitative estimate of drug-likeness (QED) is 0.337. The summed E-state index contributed by atoms with van der Waals surface area (Å²) < 4.78 is 40.4. The third-order valence-corrected chi connectivity index (χ3v) is 9.60. The van der Waals surface area contributed by atoms with Crippen molar-refractivity contribution >= 4 is 44.7 Å². The van der Waals surface area contributed by atoms with Crippen LogP contribution in [0.25, 0.3) is 0 Å². The lowest BCUT2D eigenvalue weighted by molar-refractivity contribution is 0.0373. The number of carbonyl (C=O) groups excluding carboxylic acids is 2. The average Bonchev–Trinajstić information content (AvgIpc) is 3.51. The Morgan fingerprint density at radius 3 is 2.59 bits per heavy atom. The molecule has 0 radical (unpaired) electrons. The van der Waals surface area contributed by atoms with E-state index in [1.54, 1.807) is 73.8 Å². The average molecular weight is 603 g/mol. The van der Waals surface area contributed by atoms with E-state index in [4.69, 9.17) is 9.47 Å². The summed E-state index contributed by atoms with van der Waals surface area (Å²) in [6, 6.07) is 13.8. The number of anilines is 2. The summed E-state index contributed by atoms with van der Waals surface area (Å²) in [5, 5.41) is 14.4. The van der Waals surface area contributed by atoms with E-state index < -0.39 is 28.1 Å². The Morgan fingerprint density at radius 1 is 1.22 bits per heavy atom. The van der Waals surface area contributed by atoms with Crippen LogP contribution in [-0.2, 0) is 10.0 Å². The Bertz CT molecular complexity index is 1460. The fraction of sp³-hybridized carbons (Fsp3) is 0.357. The first-order valence-corrected chi connectivity index (χ1v) is 15.3. The van der Waals surface area contributed by atoms with Crippen molar-refractivity contribution in [2.75, 3.05) is 43.9 Å². The van der Waals surface area contributed by atoms with E-state index in [9.17, 15) is 23.1 Å². The lowest BCUT2D eigenvalue weighted by atomic mass is 9.99. The highest BCUT2D eigenvalue weighted by atomic mass is 32.2. The van der Waals surface area contributed by atoms with Crippen molar-refractivity contribution in [3.05, 3.63) is 65.5 Å². The second-order valence-electron chi connectivity index (χ2n) is 9.88. The zero-order valence-corrected chi connectivity index (χ0v) is 24.9. The van der Waals surface area contributed by atoms with E-state index in [0.717, 1.165) is 11.3 Å². The van der Waals surface area contributed by atoms with Crippen molar-refractivity contribution in [3.63, 3.8) is 0 Å². The summed E-state index contributed by atoms with van der Waals surface area (Å²) in [6.45, 7) is 3.75. The van der Waals surface area contributed by atoms with Gasteiger partial charge in [-0.05, 0) is 54.8 Å². The number of para-hydroxylation sites is 1. The molecule has 2 aromatic carbocycles. The Kier molecular flexibility index (Phi) is 9.41. The highest BCUT2D eigenvalue weighted by Crippen LogP contribution is 2.36. The van der Waals surface area contributed by atoms with Gasteiger partial charge in [-0.25, -0.2) is 13.2 Å².